The normalized spacial score (nSPS) is 12.4. The van der Waals surface area contributed by atoms with Gasteiger partial charge in [-0.1, -0.05) is 36.4 Å². The van der Waals surface area contributed by atoms with Crippen LogP contribution in [0.5, 0.6) is 0 Å². The van der Waals surface area contributed by atoms with Crippen molar-refractivity contribution in [2.75, 3.05) is 13.7 Å². The molecule has 0 saturated heterocycles. The van der Waals surface area contributed by atoms with Gasteiger partial charge in [0.25, 0.3) is 0 Å². The minimum absolute atomic E-state index is 0.0614. The molecular formula is C17H20FNO2. The van der Waals surface area contributed by atoms with Gasteiger partial charge in [0.1, 0.15) is 5.82 Å². The van der Waals surface area contributed by atoms with Gasteiger partial charge in [-0.05, 0) is 23.6 Å². The Labute approximate surface area is 124 Å². The fourth-order valence-corrected chi connectivity index (χ4v) is 2.35. The number of methoxy groups -OCH3 is 1. The number of hydrogen-bond donors (Lipinski definition) is 2. The second kappa shape index (κ2) is 7.31. The molecule has 0 radical (unpaired) electrons. The first kappa shape index (κ1) is 15.6. The number of ether oxygens (including phenoxy) is 1. The maximum atomic E-state index is 14.7. The molecule has 3 N–H and O–H groups in total. The summed E-state index contributed by atoms with van der Waals surface area (Å²) in [4.78, 5) is 0. The molecule has 21 heavy (non-hydrogen) atoms. The Kier molecular flexibility index (Phi) is 5.44. The lowest BCUT2D eigenvalue weighted by molar-refractivity contribution is 0.185. The van der Waals surface area contributed by atoms with Crippen LogP contribution in [0.25, 0.3) is 11.1 Å². The molecule has 0 aliphatic carbocycles. The van der Waals surface area contributed by atoms with Crippen molar-refractivity contribution in [3.8, 4) is 11.1 Å². The number of halogens is 1. The highest BCUT2D eigenvalue weighted by molar-refractivity contribution is 5.66. The zero-order valence-corrected chi connectivity index (χ0v) is 12.1. The van der Waals surface area contributed by atoms with Crippen LogP contribution in [0.4, 0.5) is 4.39 Å². The summed E-state index contributed by atoms with van der Waals surface area (Å²) in [6.07, 6.45) is 0.337. The molecule has 0 unspecified atom stereocenters. The molecule has 1 atom stereocenters. The van der Waals surface area contributed by atoms with E-state index < -0.39 is 6.04 Å². The van der Waals surface area contributed by atoms with Crippen LogP contribution in [0.3, 0.4) is 0 Å². The van der Waals surface area contributed by atoms with E-state index >= 15 is 0 Å². The van der Waals surface area contributed by atoms with E-state index in [4.69, 9.17) is 15.6 Å². The maximum absolute atomic E-state index is 14.7. The summed E-state index contributed by atoms with van der Waals surface area (Å²) in [5, 5.41) is 8.95. The first-order valence-corrected chi connectivity index (χ1v) is 6.90. The van der Waals surface area contributed by atoms with Gasteiger partial charge >= 0.3 is 0 Å². The Balaban J connectivity index is 2.40. The first-order valence-electron chi connectivity index (χ1n) is 6.90. The number of benzene rings is 2. The molecule has 2 aromatic rings. The van der Waals surface area contributed by atoms with Crippen LogP contribution >= 0.6 is 0 Å². The SMILES string of the molecule is COCc1cccc(-c2cccc([C@H](N)CCO)c2F)c1. The van der Waals surface area contributed by atoms with Gasteiger partial charge < -0.3 is 15.6 Å². The number of rotatable bonds is 6. The Morgan fingerprint density at radius 1 is 1.24 bits per heavy atom. The van der Waals surface area contributed by atoms with Crippen molar-refractivity contribution < 1.29 is 14.2 Å². The Hall–Kier alpha value is -1.75. The molecule has 0 bridgehead atoms. The summed E-state index contributed by atoms with van der Waals surface area (Å²) in [6, 6.07) is 12.3. The molecule has 0 heterocycles. The fourth-order valence-electron chi connectivity index (χ4n) is 2.35. The number of aliphatic hydroxyl groups is 1. The predicted molar refractivity (Wildman–Crippen MR) is 81.2 cm³/mol. The third kappa shape index (κ3) is 3.67. The summed E-state index contributed by atoms with van der Waals surface area (Å²) in [5.74, 6) is -0.326. The van der Waals surface area contributed by atoms with E-state index in [1.54, 1.807) is 25.3 Å². The third-order valence-corrected chi connectivity index (χ3v) is 3.42. The highest BCUT2D eigenvalue weighted by Gasteiger charge is 2.15. The molecule has 0 aromatic heterocycles. The summed E-state index contributed by atoms with van der Waals surface area (Å²) < 4.78 is 19.8. The monoisotopic (exact) mass is 289 g/mol. The summed E-state index contributed by atoms with van der Waals surface area (Å²) in [5.41, 5.74) is 8.63. The van der Waals surface area contributed by atoms with Crippen LogP contribution in [0.15, 0.2) is 42.5 Å². The minimum Gasteiger partial charge on any atom is -0.396 e. The summed E-state index contributed by atoms with van der Waals surface area (Å²) >= 11 is 0. The molecule has 0 saturated carbocycles. The van der Waals surface area contributed by atoms with Crippen molar-refractivity contribution in [3.05, 3.63) is 59.4 Å². The highest BCUT2D eigenvalue weighted by atomic mass is 19.1. The van der Waals surface area contributed by atoms with Crippen LogP contribution in [-0.2, 0) is 11.3 Å². The Morgan fingerprint density at radius 3 is 2.71 bits per heavy atom. The second-order valence-electron chi connectivity index (χ2n) is 4.96. The van der Waals surface area contributed by atoms with Gasteiger partial charge in [-0.3, -0.25) is 0 Å². The summed E-state index contributed by atoms with van der Waals surface area (Å²) in [7, 11) is 1.63. The lowest BCUT2D eigenvalue weighted by Gasteiger charge is -2.14. The lowest BCUT2D eigenvalue weighted by atomic mass is 9.96. The fraction of sp³-hybridized carbons (Fsp3) is 0.294. The second-order valence-corrected chi connectivity index (χ2v) is 4.96. The maximum Gasteiger partial charge on any atom is 0.135 e. The van der Waals surface area contributed by atoms with Gasteiger partial charge in [-0.15, -0.1) is 0 Å². The van der Waals surface area contributed by atoms with Gasteiger partial charge in [-0.25, -0.2) is 4.39 Å². The van der Waals surface area contributed by atoms with Crippen LogP contribution in [0.1, 0.15) is 23.6 Å². The molecule has 112 valence electrons. The minimum atomic E-state index is -0.503. The van der Waals surface area contributed by atoms with Gasteiger partial charge in [0.05, 0.1) is 6.61 Å². The highest BCUT2D eigenvalue weighted by Crippen LogP contribution is 2.29. The van der Waals surface area contributed by atoms with E-state index in [0.717, 1.165) is 11.1 Å². The Morgan fingerprint density at radius 2 is 2.00 bits per heavy atom. The topological polar surface area (TPSA) is 55.5 Å². The first-order chi connectivity index (χ1) is 10.2. The van der Waals surface area contributed by atoms with E-state index in [1.807, 2.05) is 24.3 Å². The van der Waals surface area contributed by atoms with Crippen LogP contribution in [-0.4, -0.2) is 18.8 Å². The third-order valence-electron chi connectivity index (χ3n) is 3.42. The van der Waals surface area contributed by atoms with Crippen molar-refractivity contribution in [1.82, 2.24) is 0 Å². The zero-order valence-electron chi connectivity index (χ0n) is 12.1. The quantitative estimate of drug-likeness (QED) is 0.859. The van der Waals surface area contributed by atoms with Gasteiger partial charge in [-0.2, -0.15) is 0 Å². The van der Waals surface area contributed by atoms with Gasteiger partial charge in [0.2, 0.25) is 0 Å². The van der Waals surface area contributed by atoms with E-state index in [2.05, 4.69) is 0 Å². The Bertz CT molecular complexity index is 601. The van der Waals surface area contributed by atoms with E-state index in [1.165, 1.54) is 0 Å². The molecule has 2 aromatic carbocycles. The molecule has 0 aliphatic heterocycles. The standard InChI is InChI=1S/C17H20FNO2/c1-21-11-12-4-2-5-13(10-12)14-6-3-7-15(17(14)18)16(19)8-9-20/h2-7,10,16,20H,8-9,11,19H2,1H3/t16-/m1/s1. The van der Waals surface area contributed by atoms with Crippen LogP contribution in [0, 0.1) is 5.82 Å². The van der Waals surface area contributed by atoms with Crippen LogP contribution < -0.4 is 5.73 Å². The van der Waals surface area contributed by atoms with Crippen LogP contribution in [0.2, 0.25) is 0 Å². The van der Waals surface area contributed by atoms with Gasteiger partial charge in [0, 0.05) is 30.9 Å². The lowest BCUT2D eigenvalue weighted by Crippen LogP contribution is -2.14. The van der Waals surface area contributed by atoms with Crippen molar-refractivity contribution in [2.45, 2.75) is 19.1 Å². The average molecular weight is 289 g/mol. The molecular weight excluding hydrogens is 269 g/mol. The number of aliphatic hydroxyl groups excluding tert-OH is 1. The predicted octanol–water partition coefficient (Wildman–Crippen LogP) is 3.02. The molecule has 0 aliphatic rings. The zero-order chi connectivity index (χ0) is 15.2. The largest absolute Gasteiger partial charge is 0.396 e. The summed E-state index contributed by atoms with van der Waals surface area (Å²) in [6.45, 7) is 0.424. The smallest absolute Gasteiger partial charge is 0.135 e. The number of hydrogen-bond acceptors (Lipinski definition) is 3. The van der Waals surface area contributed by atoms with E-state index in [9.17, 15) is 4.39 Å². The molecule has 0 amide bonds. The molecule has 4 heteroatoms. The molecule has 0 spiro atoms. The van der Waals surface area contributed by atoms with Crippen molar-refractivity contribution in [1.29, 1.82) is 0 Å². The molecule has 3 nitrogen and oxygen atoms in total. The van der Waals surface area contributed by atoms with E-state index in [-0.39, 0.29) is 12.4 Å². The van der Waals surface area contributed by atoms with Crippen molar-refractivity contribution >= 4 is 0 Å². The van der Waals surface area contributed by atoms with Crippen molar-refractivity contribution in [2.24, 2.45) is 5.73 Å². The average Bonchev–Trinajstić information content (AvgIpc) is 2.48. The van der Waals surface area contributed by atoms with E-state index in [0.29, 0.717) is 24.2 Å². The molecule has 0 fully saturated rings. The number of nitrogens with two attached hydrogens (primary N) is 1. The molecule has 2 rings (SSSR count). The van der Waals surface area contributed by atoms with Crippen molar-refractivity contribution in [3.63, 3.8) is 0 Å². The van der Waals surface area contributed by atoms with Gasteiger partial charge in [0.15, 0.2) is 0 Å².